The monoisotopic (exact) mass is 323 g/mol. The molecule has 1 aliphatic rings. The lowest BCUT2D eigenvalue weighted by atomic mass is 9.90. The van der Waals surface area contributed by atoms with Crippen LogP contribution in [0, 0.1) is 5.92 Å². The van der Waals surface area contributed by atoms with Crippen molar-refractivity contribution in [3.8, 4) is 0 Å². The Labute approximate surface area is 136 Å². The lowest BCUT2D eigenvalue weighted by molar-refractivity contribution is -0.125. The third-order valence-electron chi connectivity index (χ3n) is 4.22. The van der Waals surface area contributed by atoms with E-state index < -0.39 is 0 Å². The molecule has 1 aromatic rings. The minimum Gasteiger partial charge on any atom is -0.451 e. The Hall–Kier alpha value is -1.36. The summed E-state index contributed by atoms with van der Waals surface area (Å²) >= 11 is 1.51. The maximum absolute atomic E-state index is 12.1. The Morgan fingerprint density at radius 2 is 2.14 bits per heavy atom. The minimum absolute atomic E-state index is 0.154. The van der Waals surface area contributed by atoms with Crippen LogP contribution in [-0.4, -0.2) is 24.5 Å². The molecule has 2 rings (SSSR count). The lowest BCUT2D eigenvalue weighted by Gasteiger charge is -2.16. The second-order valence-electron chi connectivity index (χ2n) is 6.06. The number of hydrogen-bond donors (Lipinski definition) is 1. The molecule has 1 atom stereocenters. The van der Waals surface area contributed by atoms with Crippen LogP contribution < -0.4 is 5.32 Å². The molecule has 1 aliphatic carbocycles. The van der Waals surface area contributed by atoms with Crippen LogP contribution in [0.5, 0.6) is 0 Å². The molecule has 1 N–H and O–H groups in total. The molecule has 1 heterocycles. The van der Waals surface area contributed by atoms with E-state index in [1.807, 2.05) is 19.9 Å². The van der Waals surface area contributed by atoms with Crippen molar-refractivity contribution in [3.05, 3.63) is 21.4 Å². The quantitative estimate of drug-likeness (QED) is 0.817. The zero-order chi connectivity index (χ0) is 16.1. The fourth-order valence-corrected chi connectivity index (χ4v) is 3.87. The summed E-state index contributed by atoms with van der Waals surface area (Å²) in [6, 6.07) is 2.10. The number of carbonyl (C=O) groups is 2. The van der Waals surface area contributed by atoms with Crippen LogP contribution in [0.3, 0.4) is 0 Å². The SMILES string of the molecule is CCC(CC)NC(=O)COC(=O)c1cc2c(s1)CC[C@H](C)C2. The molecule has 0 fully saturated rings. The van der Waals surface area contributed by atoms with Crippen molar-refractivity contribution >= 4 is 23.2 Å². The number of ether oxygens (including phenoxy) is 1. The third kappa shape index (κ3) is 4.32. The number of esters is 1. The van der Waals surface area contributed by atoms with E-state index in [4.69, 9.17) is 4.74 Å². The number of thiophene rings is 1. The van der Waals surface area contributed by atoms with Crippen molar-refractivity contribution in [3.63, 3.8) is 0 Å². The predicted octanol–water partition coefficient (Wildman–Crippen LogP) is 3.33. The Morgan fingerprint density at radius 3 is 2.82 bits per heavy atom. The van der Waals surface area contributed by atoms with E-state index >= 15 is 0 Å². The van der Waals surface area contributed by atoms with Gasteiger partial charge >= 0.3 is 5.97 Å². The van der Waals surface area contributed by atoms with Gasteiger partial charge in [-0.2, -0.15) is 0 Å². The number of hydrogen-bond acceptors (Lipinski definition) is 4. The molecule has 122 valence electrons. The van der Waals surface area contributed by atoms with Crippen LogP contribution in [0.4, 0.5) is 0 Å². The van der Waals surface area contributed by atoms with E-state index in [1.54, 1.807) is 0 Å². The standard InChI is InChI=1S/C17H25NO3S/c1-4-13(5-2)18-16(19)10-21-17(20)15-9-12-8-11(3)6-7-14(12)22-15/h9,11,13H,4-8,10H2,1-3H3,(H,18,19)/t11-/m0/s1. The van der Waals surface area contributed by atoms with Crippen LogP contribution in [0.25, 0.3) is 0 Å². The number of aryl methyl sites for hydroxylation is 1. The van der Waals surface area contributed by atoms with Gasteiger partial charge in [0.2, 0.25) is 0 Å². The molecule has 0 radical (unpaired) electrons. The fourth-order valence-electron chi connectivity index (χ4n) is 2.77. The van der Waals surface area contributed by atoms with Gasteiger partial charge < -0.3 is 10.1 Å². The average molecular weight is 323 g/mol. The molecule has 4 nitrogen and oxygen atoms in total. The van der Waals surface area contributed by atoms with Crippen molar-refractivity contribution < 1.29 is 14.3 Å². The first kappa shape index (κ1) is 17.0. The van der Waals surface area contributed by atoms with Gasteiger partial charge in [0.15, 0.2) is 6.61 Å². The van der Waals surface area contributed by atoms with Crippen LogP contribution in [0.15, 0.2) is 6.07 Å². The van der Waals surface area contributed by atoms with Crippen molar-refractivity contribution in [1.29, 1.82) is 0 Å². The zero-order valence-corrected chi connectivity index (χ0v) is 14.4. The number of rotatable bonds is 6. The first-order valence-electron chi connectivity index (χ1n) is 8.11. The summed E-state index contributed by atoms with van der Waals surface area (Å²) in [5, 5.41) is 2.87. The second kappa shape index (κ2) is 7.77. The van der Waals surface area contributed by atoms with Crippen molar-refractivity contribution in [1.82, 2.24) is 5.32 Å². The predicted molar refractivity (Wildman–Crippen MR) is 88.3 cm³/mol. The summed E-state index contributed by atoms with van der Waals surface area (Å²) < 4.78 is 5.14. The Balaban J connectivity index is 1.86. The Morgan fingerprint density at radius 1 is 1.41 bits per heavy atom. The molecule has 0 saturated carbocycles. The first-order chi connectivity index (χ1) is 10.5. The molecular formula is C17H25NO3S. The highest BCUT2D eigenvalue weighted by molar-refractivity contribution is 7.14. The molecule has 1 aromatic heterocycles. The number of carbonyl (C=O) groups excluding carboxylic acids is 2. The minimum atomic E-state index is -0.383. The molecule has 0 bridgehead atoms. The summed E-state index contributed by atoms with van der Waals surface area (Å²) in [6.07, 6.45) is 5.02. The van der Waals surface area contributed by atoms with Crippen molar-refractivity contribution in [2.24, 2.45) is 5.92 Å². The van der Waals surface area contributed by atoms with Crippen molar-refractivity contribution in [2.75, 3.05) is 6.61 Å². The number of nitrogens with one attached hydrogen (secondary N) is 1. The van der Waals surface area contributed by atoms with Gasteiger partial charge in [-0.1, -0.05) is 20.8 Å². The molecule has 1 amide bonds. The van der Waals surface area contributed by atoms with Gasteiger partial charge in [0, 0.05) is 10.9 Å². The number of amides is 1. The van der Waals surface area contributed by atoms with Gasteiger partial charge in [0.05, 0.1) is 0 Å². The van der Waals surface area contributed by atoms with Gasteiger partial charge in [-0.15, -0.1) is 11.3 Å². The van der Waals surface area contributed by atoms with Crippen LogP contribution in [0.1, 0.15) is 60.1 Å². The Bertz CT molecular complexity index is 534. The van der Waals surface area contributed by atoms with Gasteiger partial charge in [-0.3, -0.25) is 4.79 Å². The molecule has 0 unspecified atom stereocenters. The van der Waals surface area contributed by atoms with Gasteiger partial charge in [0.1, 0.15) is 4.88 Å². The lowest BCUT2D eigenvalue weighted by Crippen LogP contribution is -2.36. The summed E-state index contributed by atoms with van der Waals surface area (Å²) in [5.74, 6) is 0.0699. The molecule has 0 saturated heterocycles. The highest BCUT2D eigenvalue weighted by atomic mass is 32.1. The van der Waals surface area contributed by atoms with Gasteiger partial charge in [-0.05, 0) is 49.7 Å². The topological polar surface area (TPSA) is 55.4 Å². The first-order valence-corrected chi connectivity index (χ1v) is 8.93. The third-order valence-corrected chi connectivity index (χ3v) is 5.43. The largest absolute Gasteiger partial charge is 0.451 e. The highest BCUT2D eigenvalue weighted by Gasteiger charge is 2.21. The average Bonchev–Trinajstić information content (AvgIpc) is 2.93. The normalized spacial score (nSPS) is 17.2. The summed E-state index contributed by atoms with van der Waals surface area (Å²) in [6.45, 7) is 6.09. The molecule has 22 heavy (non-hydrogen) atoms. The van der Waals surface area contributed by atoms with Gasteiger partial charge in [-0.25, -0.2) is 4.79 Å². The van der Waals surface area contributed by atoms with Gasteiger partial charge in [0.25, 0.3) is 5.91 Å². The van der Waals surface area contributed by atoms with E-state index in [0.717, 1.165) is 25.7 Å². The molecular weight excluding hydrogens is 298 g/mol. The van der Waals surface area contributed by atoms with E-state index in [0.29, 0.717) is 10.8 Å². The second-order valence-corrected chi connectivity index (χ2v) is 7.20. The maximum Gasteiger partial charge on any atom is 0.348 e. The maximum atomic E-state index is 12.1. The van der Waals surface area contributed by atoms with Crippen LogP contribution in [-0.2, 0) is 22.4 Å². The smallest absolute Gasteiger partial charge is 0.348 e. The summed E-state index contributed by atoms with van der Waals surface area (Å²) in [7, 11) is 0. The van der Waals surface area contributed by atoms with E-state index in [1.165, 1.54) is 28.2 Å². The van der Waals surface area contributed by atoms with Crippen molar-refractivity contribution in [2.45, 2.75) is 58.9 Å². The summed E-state index contributed by atoms with van der Waals surface area (Å²) in [4.78, 5) is 25.8. The molecule has 5 heteroatoms. The molecule has 0 aliphatic heterocycles. The van der Waals surface area contributed by atoms with Crippen LogP contribution in [0.2, 0.25) is 0 Å². The Kier molecular flexibility index (Phi) is 6.00. The van der Waals surface area contributed by atoms with E-state index in [9.17, 15) is 9.59 Å². The highest BCUT2D eigenvalue weighted by Crippen LogP contribution is 2.32. The fraction of sp³-hybridized carbons (Fsp3) is 0.647. The summed E-state index contributed by atoms with van der Waals surface area (Å²) in [5.41, 5.74) is 1.28. The van der Waals surface area contributed by atoms with E-state index in [-0.39, 0.29) is 24.5 Å². The molecule has 0 aromatic carbocycles. The van der Waals surface area contributed by atoms with Crippen LogP contribution >= 0.6 is 11.3 Å². The molecule has 0 spiro atoms. The zero-order valence-electron chi connectivity index (χ0n) is 13.6. The van der Waals surface area contributed by atoms with E-state index in [2.05, 4.69) is 12.2 Å². The number of fused-ring (bicyclic) bond motifs is 1.